The molecule has 2 N–H and O–H groups in total. The lowest BCUT2D eigenvalue weighted by atomic mass is 9.93. The van der Waals surface area contributed by atoms with Crippen molar-refractivity contribution in [3.05, 3.63) is 11.9 Å². The molecule has 88 valence electrons. The van der Waals surface area contributed by atoms with Gasteiger partial charge in [-0.3, -0.25) is 9.48 Å². The van der Waals surface area contributed by atoms with Crippen molar-refractivity contribution >= 4 is 11.6 Å². The third kappa shape index (κ3) is 1.89. The highest BCUT2D eigenvalue weighted by molar-refractivity contribution is 5.97. The van der Waals surface area contributed by atoms with E-state index >= 15 is 0 Å². The van der Waals surface area contributed by atoms with Gasteiger partial charge in [-0.1, -0.05) is 13.8 Å². The molecular weight excluding hydrogens is 204 g/mol. The maximum atomic E-state index is 12.1. The summed E-state index contributed by atoms with van der Waals surface area (Å²) in [7, 11) is 1.76. The zero-order valence-electron chi connectivity index (χ0n) is 10.0. The van der Waals surface area contributed by atoms with E-state index in [2.05, 4.69) is 18.9 Å². The topological polar surface area (TPSA) is 64.2 Å². The van der Waals surface area contributed by atoms with Gasteiger partial charge in [0.2, 0.25) is 0 Å². The molecule has 0 aromatic carbocycles. The third-order valence-corrected chi connectivity index (χ3v) is 3.02. The molecule has 1 saturated heterocycles. The van der Waals surface area contributed by atoms with E-state index in [0.29, 0.717) is 11.4 Å². The molecule has 16 heavy (non-hydrogen) atoms. The zero-order valence-corrected chi connectivity index (χ0v) is 10.0. The quantitative estimate of drug-likeness (QED) is 0.767. The summed E-state index contributed by atoms with van der Waals surface area (Å²) in [6, 6.07) is 0. The molecule has 0 aliphatic carbocycles. The number of hydrogen-bond acceptors (Lipinski definition) is 3. The molecule has 1 aliphatic rings. The average molecular weight is 222 g/mol. The van der Waals surface area contributed by atoms with Crippen LogP contribution in [0.3, 0.4) is 0 Å². The Morgan fingerprint density at radius 2 is 2.25 bits per heavy atom. The summed E-state index contributed by atoms with van der Waals surface area (Å²) in [5, 5.41) is 4.10. The summed E-state index contributed by atoms with van der Waals surface area (Å²) in [6.07, 6.45) is 2.69. The summed E-state index contributed by atoms with van der Waals surface area (Å²) >= 11 is 0. The van der Waals surface area contributed by atoms with Crippen LogP contribution in [-0.2, 0) is 7.05 Å². The number of hydrogen-bond donors (Lipinski definition) is 1. The standard InChI is InChI=1S/C11H18N4O/c1-11(2)4-5-15(7-11)10(16)9-8(12)6-14(3)13-9/h6H,4-5,7,12H2,1-3H3. The highest BCUT2D eigenvalue weighted by Crippen LogP contribution is 2.30. The molecule has 1 aliphatic heterocycles. The second kappa shape index (κ2) is 3.50. The molecule has 1 aromatic rings. The first-order valence-corrected chi connectivity index (χ1v) is 5.47. The van der Waals surface area contributed by atoms with Crippen molar-refractivity contribution in [2.45, 2.75) is 20.3 Å². The summed E-state index contributed by atoms with van der Waals surface area (Å²) in [4.78, 5) is 14.0. The van der Waals surface area contributed by atoms with Crippen LogP contribution in [0.15, 0.2) is 6.20 Å². The van der Waals surface area contributed by atoms with E-state index in [1.54, 1.807) is 17.9 Å². The van der Waals surface area contributed by atoms with Gasteiger partial charge in [0.05, 0.1) is 5.69 Å². The van der Waals surface area contributed by atoms with Crippen LogP contribution in [0.5, 0.6) is 0 Å². The second-order valence-electron chi connectivity index (χ2n) is 5.25. The lowest BCUT2D eigenvalue weighted by Crippen LogP contribution is -2.31. The third-order valence-electron chi connectivity index (χ3n) is 3.02. The number of amides is 1. The minimum atomic E-state index is -0.0522. The Kier molecular flexibility index (Phi) is 2.40. The fraction of sp³-hybridized carbons (Fsp3) is 0.636. The van der Waals surface area contributed by atoms with Gasteiger partial charge in [-0.2, -0.15) is 5.10 Å². The van der Waals surface area contributed by atoms with E-state index in [-0.39, 0.29) is 11.3 Å². The van der Waals surface area contributed by atoms with E-state index in [1.807, 2.05) is 4.90 Å². The van der Waals surface area contributed by atoms with E-state index in [9.17, 15) is 4.79 Å². The van der Waals surface area contributed by atoms with Gasteiger partial charge in [0.1, 0.15) is 0 Å². The van der Waals surface area contributed by atoms with Crippen molar-refractivity contribution in [3.8, 4) is 0 Å². The van der Waals surface area contributed by atoms with Crippen LogP contribution < -0.4 is 5.73 Å². The van der Waals surface area contributed by atoms with Crippen LogP contribution in [0.2, 0.25) is 0 Å². The molecule has 1 amide bonds. The van der Waals surface area contributed by atoms with Gasteiger partial charge in [0.25, 0.3) is 5.91 Å². The van der Waals surface area contributed by atoms with Gasteiger partial charge in [-0.05, 0) is 11.8 Å². The van der Waals surface area contributed by atoms with Crippen molar-refractivity contribution in [3.63, 3.8) is 0 Å². The molecular formula is C11H18N4O. The summed E-state index contributed by atoms with van der Waals surface area (Å²) < 4.78 is 1.57. The Hall–Kier alpha value is -1.52. The molecule has 1 aromatic heterocycles. The predicted octanol–water partition coefficient (Wildman–Crippen LogP) is 0.874. The van der Waals surface area contributed by atoms with Crippen molar-refractivity contribution in [1.29, 1.82) is 0 Å². The highest BCUT2D eigenvalue weighted by atomic mass is 16.2. The van der Waals surface area contributed by atoms with Crippen molar-refractivity contribution in [1.82, 2.24) is 14.7 Å². The molecule has 0 spiro atoms. The summed E-state index contributed by atoms with van der Waals surface area (Å²) in [5.41, 5.74) is 6.79. The number of anilines is 1. The molecule has 2 heterocycles. The monoisotopic (exact) mass is 222 g/mol. The number of nitrogen functional groups attached to an aromatic ring is 1. The molecule has 1 fully saturated rings. The number of rotatable bonds is 1. The Morgan fingerprint density at radius 1 is 1.56 bits per heavy atom. The molecule has 5 heteroatoms. The number of carbonyl (C=O) groups excluding carboxylic acids is 1. The van der Waals surface area contributed by atoms with Crippen molar-refractivity contribution in [2.75, 3.05) is 18.8 Å². The van der Waals surface area contributed by atoms with Gasteiger partial charge in [0, 0.05) is 26.3 Å². The molecule has 0 bridgehead atoms. The maximum absolute atomic E-state index is 12.1. The lowest BCUT2D eigenvalue weighted by Gasteiger charge is -2.19. The van der Waals surface area contributed by atoms with Crippen molar-refractivity contribution < 1.29 is 4.79 Å². The number of nitrogens with zero attached hydrogens (tertiary/aromatic N) is 3. The van der Waals surface area contributed by atoms with Crippen LogP contribution in [-0.4, -0.2) is 33.7 Å². The van der Waals surface area contributed by atoms with Crippen LogP contribution in [0.25, 0.3) is 0 Å². The fourth-order valence-corrected chi connectivity index (χ4v) is 2.11. The normalized spacial score (nSPS) is 19.1. The molecule has 2 rings (SSSR count). The number of carbonyl (C=O) groups is 1. The predicted molar refractivity (Wildman–Crippen MR) is 61.9 cm³/mol. The van der Waals surface area contributed by atoms with Crippen LogP contribution >= 0.6 is 0 Å². The minimum Gasteiger partial charge on any atom is -0.396 e. The van der Waals surface area contributed by atoms with Gasteiger partial charge < -0.3 is 10.6 Å². The van der Waals surface area contributed by atoms with Gasteiger partial charge in [-0.25, -0.2) is 0 Å². The van der Waals surface area contributed by atoms with E-state index in [1.165, 1.54) is 0 Å². The SMILES string of the molecule is Cn1cc(N)c(C(=O)N2CCC(C)(C)C2)n1. The average Bonchev–Trinajstić information content (AvgIpc) is 2.68. The Labute approximate surface area is 95.2 Å². The Bertz CT molecular complexity index is 422. The van der Waals surface area contributed by atoms with Crippen LogP contribution in [0, 0.1) is 5.41 Å². The van der Waals surface area contributed by atoms with E-state index in [4.69, 9.17) is 5.73 Å². The number of nitrogens with two attached hydrogens (primary N) is 1. The number of aromatic nitrogens is 2. The first kappa shape index (κ1) is 11.0. The Balaban J connectivity index is 2.18. The molecule has 0 unspecified atom stereocenters. The summed E-state index contributed by atoms with van der Waals surface area (Å²) in [6.45, 7) is 5.91. The minimum absolute atomic E-state index is 0.0522. The van der Waals surface area contributed by atoms with Crippen LogP contribution in [0.1, 0.15) is 30.8 Å². The Morgan fingerprint density at radius 3 is 2.69 bits per heavy atom. The zero-order chi connectivity index (χ0) is 11.9. The highest BCUT2D eigenvalue weighted by Gasteiger charge is 2.33. The largest absolute Gasteiger partial charge is 0.396 e. The first-order valence-electron chi connectivity index (χ1n) is 5.47. The van der Waals surface area contributed by atoms with Gasteiger partial charge in [0.15, 0.2) is 5.69 Å². The second-order valence-corrected chi connectivity index (χ2v) is 5.25. The van der Waals surface area contributed by atoms with Crippen molar-refractivity contribution in [2.24, 2.45) is 12.5 Å². The van der Waals surface area contributed by atoms with Crippen LogP contribution in [0.4, 0.5) is 5.69 Å². The lowest BCUT2D eigenvalue weighted by molar-refractivity contribution is 0.0772. The fourth-order valence-electron chi connectivity index (χ4n) is 2.11. The molecule has 0 saturated carbocycles. The van der Waals surface area contributed by atoms with E-state index < -0.39 is 0 Å². The first-order chi connectivity index (χ1) is 7.39. The number of likely N-dealkylation sites (tertiary alicyclic amines) is 1. The molecule has 0 atom stereocenters. The maximum Gasteiger partial charge on any atom is 0.276 e. The molecule has 5 nitrogen and oxygen atoms in total. The van der Waals surface area contributed by atoms with Gasteiger partial charge >= 0.3 is 0 Å². The smallest absolute Gasteiger partial charge is 0.276 e. The molecule has 0 radical (unpaired) electrons. The van der Waals surface area contributed by atoms with Gasteiger partial charge in [-0.15, -0.1) is 0 Å². The number of aryl methyl sites for hydroxylation is 1. The van der Waals surface area contributed by atoms with E-state index in [0.717, 1.165) is 19.5 Å². The summed E-state index contributed by atoms with van der Waals surface area (Å²) in [5.74, 6) is -0.0522.